The second-order valence-corrected chi connectivity index (χ2v) is 8.88. The number of nitrogens with zero attached hydrogens (tertiary/aromatic N) is 2. The van der Waals surface area contributed by atoms with E-state index < -0.39 is 10.8 Å². The van der Waals surface area contributed by atoms with Gasteiger partial charge in [0.25, 0.3) is 11.6 Å². The third-order valence-corrected chi connectivity index (χ3v) is 6.65. The van der Waals surface area contributed by atoms with Crippen LogP contribution in [0.5, 0.6) is 0 Å². The van der Waals surface area contributed by atoms with Gasteiger partial charge in [0, 0.05) is 34.8 Å². The SMILES string of the molecule is CC1=C(C(=O)Nc2ccccc2)[C@H](c2cccc([N+](=O)[O-])c2)C(C#N)=C(SCc2ccccc2)N1. The number of benzene rings is 3. The molecule has 1 aliphatic rings. The van der Waals surface area contributed by atoms with Crippen LogP contribution in [0.3, 0.4) is 0 Å². The van der Waals surface area contributed by atoms with Crippen molar-refractivity contribution in [3.05, 3.63) is 128 Å². The molecule has 0 aliphatic carbocycles. The summed E-state index contributed by atoms with van der Waals surface area (Å²) in [5, 5.41) is 28.4. The number of non-ortho nitro benzene ring substituents is 1. The van der Waals surface area contributed by atoms with E-state index in [1.165, 1.54) is 23.9 Å². The molecule has 174 valence electrons. The average molecular weight is 483 g/mol. The molecule has 4 rings (SSSR count). The highest BCUT2D eigenvalue weighted by Crippen LogP contribution is 2.42. The predicted octanol–water partition coefficient (Wildman–Crippen LogP) is 5.86. The molecule has 7 nitrogen and oxygen atoms in total. The largest absolute Gasteiger partial charge is 0.353 e. The zero-order valence-electron chi connectivity index (χ0n) is 18.9. The van der Waals surface area contributed by atoms with Crippen molar-refractivity contribution in [3.63, 3.8) is 0 Å². The maximum absolute atomic E-state index is 13.4. The number of anilines is 1. The van der Waals surface area contributed by atoms with E-state index in [9.17, 15) is 20.2 Å². The lowest BCUT2D eigenvalue weighted by Gasteiger charge is -2.30. The van der Waals surface area contributed by atoms with E-state index in [1.807, 2.05) is 48.5 Å². The Morgan fingerprint density at radius 2 is 1.77 bits per heavy atom. The predicted molar refractivity (Wildman–Crippen MR) is 137 cm³/mol. The minimum Gasteiger partial charge on any atom is -0.353 e. The summed E-state index contributed by atoms with van der Waals surface area (Å²) < 4.78 is 0. The molecule has 0 radical (unpaired) electrons. The molecule has 0 saturated heterocycles. The molecule has 0 spiro atoms. The van der Waals surface area contributed by atoms with Crippen molar-refractivity contribution in [2.75, 3.05) is 5.32 Å². The van der Waals surface area contributed by atoms with E-state index in [0.717, 1.165) is 5.56 Å². The molecule has 8 heteroatoms. The van der Waals surface area contributed by atoms with Crippen LogP contribution in [0.2, 0.25) is 0 Å². The van der Waals surface area contributed by atoms with Crippen LogP contribution >= 0.6 is 11.8 Å². The van der Waals surface area contributed by atoms with E-state index in [4.69, 9.17) is 0 Å². The van der Waals surface area contributed by atoms with Crippen molar-refractivity contribution in [2.45, 2.75) is 18.6 Å². The molecule has 1 amide bonds. The Balaban J connectivity index is 1.76. The van der Waals surface area contributed by atoms with Gasteiger partial charge in [-0.05, 0) is 30.2 Å². The molecule has 0 unspecified atom stereocenters. The summed E-state index contributed by atoms with van der Waals surface area (Å²) in [6.45, 7) is 1.78. The number of thioether (sulfide) groups is 1. The first-order chi connectivity index (χ1) is 17.0. The summed E-state index contributed by atoms with van der Waals surface area (Å²) in [4.78, 5) is 24.4. The number of para-hydroxylation sites is 1. The Hall–Kier alpha value is -4.35. The zero-order valence-corrected chi connectivity index (χ0v) is 19.7. The van der Waals surface area contributed by atoms with Gasteiger partial charge in [0.1, 0.15) is 0 Å². The van der Waals surface area contributed by atoms with Gasteiger partial charge in [-0.1, -0.05) is 60.7 Å². The number of dihydropyridines is 1. The molecule has 1 atom stereocenters. The number of hydrogen-bond donors (Lipinski definition) is 2. The summed E-state index contributed by atoms with van der Waals surface area (Å²) in [6, 6.07) is 27.2. The molecular weight excluding hydrogens is 460 g/mol. The third-order valence-electron chi connectivity index (χ3n) is 5.56. The maximum Gasteiger partial charge on any atom is 0.269 e. The Kier molecular flexibility index (Phi) is 7.29. The summed E-state index contributed by atoms with van der Waals surface area (Å²) in [6.07, 6.45) is 0. The van der Waals surface area contributed by atoms with Crippen LogP contribution in [0.25, 0.3) is 0 Å². The van der Waals surface area contributed by atoms with Crippen LogP contribution in [0, 0.1) is 21.4 Å². The molecule has 3 aromatic carbocycles. The number of hydrogen-bond acceptors (Lipinski definition) is 6. The van der Waals surface area contributed by atoms with Gasteiger partial charge in [-0.25, -0.2) is 0 Å². The summed E-state index contributed by atoms with van der Waals surface area (Å²) >= 11 is 1.46. The molecule has 2 N–H and O–H groups in total. The van der Waals surface area contributed by atoms with E-state index in [2.05, 4.69) is 16.7 Å². The number of carbonyl (C=O) groups is 1. The first-order valence-electron chi connectivity index (χ1n) is 10.9. The number of nitro benzene ring substituents is 1. The molecular formula is C27H22N4O3S. The molecule has 0 saturated carbocycles. The number of amides is 1. The highest BCUT2D eigenvalue weighted by Gasteiger charge is 2.35. The van der Waals surface area contributed by atoms with Crippen molar-refractivity contribution in [1.29, 1.82) is 5.26 Å². The van der Waals surface area contributed by atoms with E-state index in [-0.39, 0.29) is 11.6 Å². The number of rotatable bonds is 7. The Morgan fingerprint density at radius 1 is 1.09 bits per heavy atom. The van der Waals surface area contributed by atoms with Crippen molar-refractivity contribution < 1.29 is 9.72 Å². The third kappa shape index (κ3) is 5.42. The van der Waals surface area contributed by atoms with Crippen LogP contribution in [-0.4, -0.2) is 10.8 Å². The lowest BCUT2D eigenvalue weighted by molar-refractivity contribution is -0.384. The van der Waals surface area contributed by atoms with E-state index in [1.54, 1.807) is 31.2 Å². The fraction of sp³-hybridized carbons (Fsp3) is 0.111. The minimum absolute atomic E-state index is 0.0997. The fourth-order valence-corrected chi connectivity index (χ4v) is 4.98. The van der Waals surface area contributed by atoms with Crippen molar-refractivity contribution in [3.8, 4) is 6.07 Å². The second-order valence-electron chi connectivity index (χ2n) is 7.90. The van der Waals surface area contributed by atoms with Gasteiger partial charge in [0.15, 0.2) is 0 Å². The molecule has 1 heterocycles. The number of nitrogens with one attached hydrogen (secondary N) is 2. The van der Waals surface area contributed by atoms with Gasteiger partial charge in [-0.15, -0.1) is 11.8 Å². The first kappa shape index (κ1) is 23.8. The minimum atomic E-state index is -0.761. The van der Waals surface area contributed by atoms with Crippen molar-refractivity contribution >= 4 is 29.0 Å². The van der Waals surface area contributed by atoms with Crippen molar-refractivity contribution in [1.82, 2.24) is 5.32 Å². The van der Waals surface area contributed by atoms with Crippen LogP contribution in [-0.2, 0) is 10.5 Å². The number of carbonyl (C=O) groups excluding carboxylic acids is 1. The van der Waals surface area contributed by atoms with Gasteiger partial charge >= 0.3 is 0 Å². The smallest absolute Gasteiger partial charge is 0.269 e. The molecule has 0 bridgehead atoms. The van der Waals surface area contributed by atoms with Gasteiger partial charge in [0.2, 0.25) is 0 Å². The molecule has 3 aromatic rings. The zero-order chi connectivity index (χ0) is 24.8. The van der Waals surface area contributed by atoms with Crippen LogP contribution in [0.15, 0.2) is 107 Å². The van der Waals surface area contributed by atoms with E-state index >= 15 is 0 Å². The molecule has 35 heavy (non-hydrogen) atoms. The van der Waals surface area contributed by atoms with Gasteiger partial charge in [0.05, 0.1) is 27.5 Å². The normalized spacial score (nSPS) is 15.3. The van der Waals surface area contributed by atoms with Gasteiger partial charge < -0.3 is 10.6 Å². The van der Waals surface area contributed by atoms with Crippen molar-refractivity contribution in [2.24, 2.45) is 0 Å². The van der Waals surface area contributed by atoms with Crippen LogP contribution in [0.4, 0.5) is 11.4 Å². The Bertz CT molecular complexity index is 1360. The maximum atomic E-state index is 13.4. The molecule has 0 fully saturated rings. The monoisotopic (exact) mass is 482 g/mol. The second kappa shape index (κ2) is 10.7. The quantitative estimate of drug-likeness (QED) is 0.322. The standard InChI is InChI=1S/C27H22N4O3S/c1-18-24(26(32)30-21-12-6-3-7-13-21)25(20-11-8-14-22(15-20)31(33)34)23(16-28)27(29-18)35-17-19-9-4-2-5-10-19/h2-15,25,29H,17H2,1H3,(H,30,32)/t25-/m1/s1. The summed E-state index contributed by atoms with van der Waals surface area (Å²) in [7, 11) is 0. The highest BCUT2D eigenvalue weighted by molar-refractivity contribution is 8.02. The number of nitriles is 1. The molecule has 0 aromatic heterocycles. The number of allylic oxidation sites excluding steroid dienone is 2. The summed E-state index contributed by atoms with van der Waals surface area (Å²) in [5.74, 6) is -0.518. The van der Waals surface area contributed by atoms with Gasteiger partial charge in [-0.3, -0.25) is 14.9 Å². The lowest BCUT2D eigenvalue weighted by Crippen LogP contribution is -2.30. The first-order valence-corrected chi connectivity index (χ1v) is 11.9. The topological polar surface area (TPSA) is 108 Å². The van der Waals surface area contributed by atoms with Crippen LogP contribution < -0.4 is 10.6 Å². The highest BCUT2D eigenvalue weighted by atomic mass is 32.2. The number of nitro groups is 1. The summed E-state index contributed by atoms with van der Waals surface area (Å²) in [5.41, 5.74) is 3.38. The fourth-order valence-electron chi connectivity index (χ4n) is 3.93. The van der Waals surface area contributed by atoms with Gasteiger partial charge in [-0.2, -0.15) is 5.26 Å². The Morgan fingerprint density at radius 3 is 2.43 bits per heavy atom. The van der Waals surface area contributed by atoms with Crippen LogP contribution in [0.1, 0.15) is 24.0 Å². The molecule has 1 aliphatic heterocycles. The van der Waals surface area contributed by atoms with E-state index in [0.29, 0.717) is 38.9 Å². The average Bonchev–Trinajstić information content (AvgIpc) is 2.88. The Labute approximate surface area is 207 Å². The lowest BCUT2D eigenvalue weighted by atomic mass is 9.82.